The van der Waals surface area contributed by atoms with Crippen LogP contribution in [-0.4, -0.2) is 31.1 Å². The first-order chi connectivity index (χ1) is 9.67. The summed E-state index contributed by atoms with van der Waals surface area (Å²) < 4.78 is 1.00. The monoisotopic (exact) mass is 356 g/mol. The summed E-state index contributed by atoms with van der Waals surface area (Å²) in [6.45, 7) is 5.90. The van der Waals surface area contributed by atoms with E-state index in [0.717, 1.165) is 16.0 Å². The van der Waals surface area contributed by atoms with Crippen molar-refractivity contribution in [3.05, 3.63) is 33.3 Å². The van der Waals surface area contributed by atoms with Gasteiger partial charge in [0.1, 0.15) is 0 Å². The average Bonchev–Trinajstić information content (AvgIpc) is 2.44. The van der Waals surface area contributed by atoms with Gasteiger partial charge in [0.2, 0.25) is 0 Å². The molecule has 1 aromatic rings. The summed E-state index contributed by atoms with van der Waals surface area (Å²) in [5.74, 6) is 0. The van der Waals surface area contributed by atoms with Crippen molar-refractivity contribution in [2.24, 2.45) is 5.41 Å². The molecule has 0 aromatic heterocycles. The van der Waals surface area contributed by atoms with Gasteiger partial charge >= 0.3 is 0 Å². The number of hydrogen-bond acceptors (Lipinski definition) is 2. The van der Waals surface area contributed by atoms with E-state index in [2.05, 4.69) is 38.3 Å². The largest absolute Gasteiger partial charge is 0.316 e. The summed E-state index contributed by atoms with van der Waals surface area (Å²) in [7, 11) is 0. The Morgan fingerprint density at radius 2 is 2.15 bits per heavy atom. The van der Waals surface area contributed by atoms with E-state index in [1.165, 1.54) is 57.4 Å². The molecule has 110 valence electrons. The molecule has 0 radical (unpaired) electrons. The molecular formula is C16H22BrClN2. The van der Waals surface area contributed by atoms with Crippen LogP contribution >= 0.6 is 27.5 Å². The topological polar surface area (TPSA) is 15.3 Å². The Hall–Kier alpha value is -0.0900. The highest BCUT2D eigenvalue weighted by Gasteiger charge is 2.36. The molecule has 0 saturated carbocycles. The number of hydrogen-bond donors (Lipinski definition) is 1. The molecule has 1 unspecified atom stereocenters. The maximum absolute atomic E-state index is 6.07. The quantitative estimate of drug-likeness (QED) is 0.858. The molecule has 2 aliphatic heterocycles. The maximum atomic E-state index is 6.07. The first kappa shape index (κ1) is 14.8. The van der Waals surface area contributed by atoms with Crippen molar-refractivity contribution in [1.29, 1.82) is 0 Å². The fourth-order valence-corrected chi connectivity index (χ4v) is 4.26. The Kier molecular flexibility index (Phi) is 4.71. The van der Waals surface area contributed by atoms with E-state index < -0.39 is 0 Å². The van der Waals surface area contributed by atoms with Gasteiger partial charge in [-0.1, -0.05) is 17.7 Å². The van der Waals surface area contributed by atoms with E-state index in [0.29, 0.717) is 5.41 Å². The van der Waals surface area contributed by atoms with Gasteiger partial charge in [0.05, 0.1) is 5.02 Å². The summed E-state index contributed by atoms with van der Waals surface area (Å²) >= 11 is 9.59. The molecular weight excluding hydrogens is 336 g/mol. The zero-order valence-corrected chi connectivity index (χ0v) is 14.1. The second-order valence-corrected chi connectivity index (χ2v) is 7.60. The van der Waals surface area contributed by atoms with E-state index in [1.54, 1.807) is 0 Å². The predicted molar refractivity (Wildman–Crippen MR) is 88.2 cm³/mol. The smallest absolute Gasteiger partial charge is 0.0548 e. The van der Waals surface area contributed by atoms with Gasteiger partial charge in [0.15, 0.2) is 0 Å². The van der Waals surface area contributed by atoms with Gasteiger partial charge in [-0.15, -0.1) is 0 Å². The molecule has 20 heavy (non-hydrogen) atoms. The molecule has 1 N–H and O–H groups in total. The number of benzene rings is 1. The minimum atomic E-state index is 0.528. The van der Waals surface area contributed by atoms with Gasteiger partial charge in [-0.2, -0.15) is 0 Å². The number of likely N-dealkylation sites (tertiary alicyclic amines) is 1. The number of rotatable bonds is 2. The lowest BCUT2D eigenvalue weighted by Gasteiger charge is -2.45. The summed E-state index contributed by atoms with van der Waals surface area (Å²) in [4.78, 5) is 2.62. The molecule has 3 rings (SSSR count). The van der Waals surface area contributed by atoms with Crippen molar-refractivity contribution < 1.29 is 0 Å². The van der Waals surface area contributed by atoms with Crippen LogP contribution in [0.4, 0.5) is 0 Å². The second kappa shape index (κ2) is 6.35. The predicted octanol–water partition coefficient (Wildman–Crippen LogP) is 4.07. The Labute approximate surface area is 135 Å². The Balaban J connectivity index is 1.66. The van der Waals surface area contributed by atoms with Gasteiger partial charge in [-0.25, -0.2) is 0 Å². The van der Waals surface area contributed by atoms with Crippen molar-refractivity contribution in [2.45, 2.75) is 32.2 Å². The van der Waals surface area contributed by atoms with Crippen LogP contribution in [0.15, 0.2) is 22.7 Å². The van der Waals surface area contributed by atoms with Crippen LogP contribution in [0.5, 0.6) is 0 Å². The van der Waals surface area contributed by atoms with Gasteiger partial charge in [-0.3, -0.25) is 4.90 Å². The Morgan fingerprint density at radius 3 is 2.90 bits per heavy atom. The SMILES string of the molecule is Clc1ccc(CN2CCCC3(CCCNC3)C2)cc1Br. The van der Waals surface area contributed by atoms with E-state index in [-0.39, 0.29) is 0 Å². The number of nitrogens with one attached hydrogen (secondary N) is 1. The van der Waals surface area contributed by atoms with E-state index >= 15 is 0 Å². The van der Waals surface area contributed by atoms with Crippen LogP contribution in [-0.2, 0) is 6.54 Å². The highest BCUT2D eigenvalue weighted by Crippen LogP contribution is 2.36. The molecule has 0 bridgehead atoms. The van der Waals surface area contributed by atoms with Crippen molar-refractivity contribution in [1.82, 2.24) is 10.2 Å². The Bertz CT molecular complexity index is 466. The van der Waals surface area contributed by atoms with Crippen LogP contribution in [0.2, 0.25) is 5.02 Å². The van der Waals surface area contributed by atoms with E-state index in [4.69, 9.17) is 11.6 Å². The van der Waals surface area contributed by atoms with E-state index in [1.807, 2.05) is 6.07 Å². The number of halogens is 2. The van der Waals surface area contributed by atoms with Gasteiger partial charge in [0.25, 0.3) is 0 Å². The van der Waals surface area contributed by atoms with Gasteiger partial charge in [0, 0.05) is 24.1 Å². The van der Waals surface area contributed by atoms with Crippen LogP contribution in [0.25, 0.3) is 0 Å². The lowest BCUT2D eigenvalue weighted by atomic mass is 9.74. The molecule has 2 nitrogen and oxygen atoms in total. The van der Waals surface area contributed by atoms with Gasteiger partial charge < -0.3 is 5.32 Å². The third-order valence-electron chi connectivity index (χ3n) is 4.69. The first-order valence-electron chi connectivity index (χ1n) is 7.54. The van der Waals surface area contributed by atoms with Crippen molar-refractivity contribution in [3.8, 4) is 0 Å². The minimum absolute atomic E-state index is 0.528. The fourth-order valence-electron chi connectivity index (χ4n) is 3.72. The fraction of sp³-hybridized carbons (Fsp3) is 0.625. The van der Waals surface area contributed by atoms with Crippen LogP contribution < -0.4 is 5.32 Å². The van der Waals surface area contributed by atoms with Gasteiger partial charge in [-0.05, 0) is 77.8 Å². The molecule has 0 aliphatic carbocycles. The standard InChI is InChI=1S/C16H22BrClN2/c17-14-9-13(3-4-15(14)18)10-20-8-2-6-16(12-20)5-1-7-19-11-16/h3-4,9,19H,1-2,5-8,10-12H2. The molecule has 2 fully saturated rings. The Morgan fingerprint density at radius 1 is 1.30 bits per heavy atom. The second-order valence-electron chi connectivity index (χ2n) is 6.34. The highest BCUT2D eigenvalue weighted by atomic mass is 79.9. The van der Waals surface area contributed by atoms with Crippen molar-refractivity contribution >= 4 is 27.5 Å². The van der Waals surface area contributed by atoms with Crippen LogP contribution in [0.3, 0.4) is 0 Å². The first-order valence-corrected chi connectivity index (χ1v) is 8.71. The van der Waals surface area contributed by atoms with Crippen LogP contribution in [0.1, 0.15) is 31.2 Å². The molecule has 4 heteroatoms. The third kappa shape index (κ3) is 3.38. The number of piperidine rings is 2. The molecule has 2 saturated heterocycles. The van der Waals surface area contributed by atoms with Crippen molar-refractivity contribution in [3.63, 3.8) is 0 Å². The summed E-state index contributed by atoms with van der Waals surface area (Å²) in [5, 5.41) is 4.39. The minimum Gasteiger partial charge on any atom is -0.316 e. The van der Waals surface area contributed by atoms with E-state index in [9.17, 15) is 0 Å². The average molecular weight is 358 g/mol. The van der Waals surface area contributed by atoms with Crippen LogP contribution in [0, 0.1) is 5.41 Å². The highest BCUT2D eigenvalue weighted by molar-refractivity contribution is 9.10. The maximum Gasteiger partial charge on any atom is 0.0548 e. The summed E-state index contributed by atoms with van der Waals surface area (Å²) in [6, 6.07) is 6.29. The lowest BCUT2D eigenvalue weighted by molar-refractivity contribution is 0.0600. The molecule has 2 aliphatic rings. The lowest BCUT2D eigenvalue weighted by Crippen LogP contribution is -2.50. The third-order valence-corrected chi connectivity index (χ3v) is 5.91. The normalized spacial score (nSPS) is 27.9. The zero-order chi connectivity index (χ0) is 14.0. The molecule has 1 spiro atoms. The number of nitrogens with zero attached hydrogens (tertiary/aromatic N) is 1. The molecule has 0 amide bonds. The van der Waals surface area contributed by atoms with Crippen molar-refractivity contribution in [2.75, 3.05) is 26.2 Å². The zero-order valence-electron chi connectivity index (χ0n) is 11.8. The molecule has 1 atom stereocenters. The summed E-state index contributed by atoms with van der Waals surface area (Å²) in [6.07, 6.45) is 5.44. The molecule has 1 aromatic carbocycles. The summed E-state index contributed by atoms with van der Waals surface area (Å²) in [5.41, 5.74) is 1.88. The molecule has 2 heterocycles.